The van der Waals surface area contributed by atoms with E-state index in [0.717, 1.165) is 12.8 Å². The van der Waals surface area contributed by atoms with E-state index in [1.165, 1.54) is 77.0 Å². The smallest absolute Gasteiger partial charge is 0.164 e. The van der Waals surface area contributed by atoms with E-state index >= 15 is 0 Å². The SMILES string of the molecule is CCCCCCCCCCCCCCCC(=O)CCCNCC(O)O. The fraction of sp³-hybridized carbons (Fsp3) is 0.952. The average Bonchev–Trinajstić information content (AvgIpc) is 2.58. The van der Waals surface area contributed by atoms with E-state index in [0.29, 0.717) is 25.2 Å². The molecule has 150 valence electrons. The van der Waals surface area contributed by atoms with Crippen molar-refractivity contribution in [3.63, 3.8) is 0 Å². The largest absolute Gasteiger partial charge is 0.367 e. The summed E-state index contributed by atoms with van der Waals surface area (Å²) in [6, 6.07) is 0. The van der Waals surface area contributed by atoms with Crippen LogP contribution in [-0.4, -0.2) is 35.4 Å². The molecule has 0 aliphatic rings. The Labute approximate surface area is 155 Å². The van der Waals surface area contributed by atoms with Crippen molar-refractivity contribution in [2.75, 3.05) is 13.1 Å². The molecule has 0 aromatic carbocycles. The highest BCUT2D eigenvalue weighted by atomic mass is 16.5. The Kier molecular flexibility index (Phi) is 19.5. The third-order valence-corrected chi connectivity index (χ3v) is 4.70. The molecule has 0 rings (SSSR count). The number of Topliss-reactive ketones (excluding diaryl/α,β-unsaturated/α-hetero) is 1. The van der Waals surface area contributed by atoms with Gasteiger partial charge in [0.05, 0.1) is 0 Å². The van der Waals surface area contributed by atoms with Gasteiger partial charge in [-0.15, -0.1) is 0 Å². The van der Waals surface area contributed by atoms with Crippen molar-refractivity contribution in [1.82, 2.24) is 5.32 Å². The van der Waals surface area contributed by atoms with Crippen LogP contribution in [0.15, 0.2) is 0 Å². The second-order valence-corrected chi connectivity index (χ2v) is 7.32. The Morgan fingerprint density at radius 2 is 1.16 bits per heavy atom. The van der Waals surface area contributed by atoms with E-state index in [1.54, 1.807) is 0 Å². The van der Waals surface area contributed by atoms with Crippen LogP contribution in [0.1, 0.15) is 110 Å². The second-order valence-electron chi connectivity index (χ2n) is 7.32. The van der Waals surface area contributed by atoms with Gasteiger partial charge in [-0.1, -0.05) is 84.0 Å². The molecule has 0 aromatic rings. The van der Waals surface area contributed by atoms with E-state index < -0.39 is 6.29 Å². The van der Waals surface area contributed by atoms with Crippen LogP contribution < -0.4 is 5.32 Å². The molecule has 25 heavy (non-hydrogen) atoms. The summed E-state index contributed by atoms with van der Waals surface area (Å²) < 4.78 is 0. The summed E-state index contributed by atoms with van der Waals surface area (Å²) in [6.45, 7) is 3.11. The lowest BCUT2D eigenvalue weighted by atomic mass is 10.0. The minimum Gasteiger partial charge on any atom is -0.367 e. The molecule has 0 aromatic heterocycles. The maximum absolute atomic E-state index is 11.7. The van der Waals surface area contributed by atoms with E-state index in [2.05, 4.69) is 12.2 Å². The molecule has 0 spiro atoms. The van der Waals surface area contributed by atoms with Crippen molar-refractivity contribution in [3.8, 4) is 0 Å². The van der Waals surface area contributed by atoms with E-state index in [1.807, 2.05) is 0 Å². The average molecular weight is 358 g/mol. The molecule has 0 bridgehead atoms. The first kappa shape index (κ1) is 24.6. The Balaban J connectivity index is 3.13. The predicted molar refractivity (Wildman–Crippen MR) is 106 cm³/mol. The highest BCUT2D eigenvalue weighted by Crippen LogP contribution is 2.13. The van der Waals surface area contributed by atoms with Crippen molar-refractivity contribution >= 4 is 5.78 Å². The molecular formula is C21H43NO3. The fourth-order valence-corrected chi connectivity index (χ4v) is 3.11. The molecule has 0 saturated heterocycles. The predicted octanol–water partition coefficient (Wildman–Crippen LogP) is 4.72. The first-order chi connectivity index (χ1) is 12.2. The molecule has 0 amide bonds. The summed E-state index contributed by atoms with van der Waals surface area (Å²) in [5, 5.41) is 20.3. The van der Waals surface area contributed by atoms with Gasteiger partial charge in [0.2, 0.25) is 0 Å². The lowest BCUT2D eigenvalue weighted by molar-refractivity contribution is -0.119. The molecule has 3 N–H and O–H groups in total. The van der Waals surface area contributed by atoms with E-state index in [9.17, 15) is 4.79 Å². The van der Waals surface area contributed by atoms with E-state index in [4.69, 9.17) is 10.2 Å². The number of unbranched alkanes of at least 4 members (excludes halogenated alkanes) is 12. The Hall–Kier alpha value is -0.450. The normalized spacial score (nSPS) is 11.4. The van der Waals surface area contributed by atoms with Crippen LogP contribution in [0.25, 0.3) is 0 Å². The highest BCUT2D eigenvalue weighted by Gasteiger charge is 2.02. The lowest BCUT2D eigenvalue weighted by Crippen LogP contribution is -2.27. The van der Waals surface area contributed by atoms with Crippen LogP contribution in [0.5, 0.6) is 0 Å². The first-order valence-corrected chi connectivity index (χ1v) is 10.8. The van der Waals surface area contributed by atoms with Crippen LogP contribution in [0, 0.1) is 0 Å². The van der Waals surface area contributed by atoms with E-state index in [-0.39, 0.29) is 6.54 Å². The van der Waals surface area contributed by atoms with Gasteiger partial charge in [0, 0.05) is 19.4 Å². The maximum Gasteiger partial charge on any atom is 0.164 e. The summed E-state index contributed by atoms with van der Waals surface area (Å²) in [6.07, 6.45) is 18.1. The van der Waals surface area contributed by atoms with Crippen LogP contribution in [-0.2, 0) is 4.79 Å². The molecule has 0 atom stereocenters. The summed E-state index contributed by atoms with van der Waals surface area (Å²) in [7, 11) is 0. The molecule has 0 unspecified atom stereocenters. The topological polar surface area (TPSA) is 69.6 Å². The molecule has 0 aliphatic carbocycles. The summed E-state index contributed by atoms with van der Waals surface area (Å²) in [4.78, 5) is 11.7. The van der Waals surface area contributed by atoms with Crippen LogP contribution in [0.4, 0.5) is 0 Å². The number of nitrogens with one attached hydrogen (secondary N) is 1. The molecule has 4 heteroatoms. The fourth-order valence-electron chi connectivity index (χ4n) is 3.11. The number of hydrogen-bond donors (Lipinski definition) is 3. The summed E-state index contributed by atoms with van der Waals surface area (Å²) >= 11 is 0. The van der Waals surface area contributed by atoms with Crippen molar-refractivity contribution in [2.24, 2.45) is 0 Å². The minimum absolute atomic E-state index is 0.174. The zero-order valence-electron chi connectivity index (χ0n) is 16.6. The highest BCUT2D eigenvalue weighted by molar-refractivity contribution is 5.78. The number of carbonyl (C=O) groups excluding carboxylic acids is 1. The van der Waals surface area contributed by atoms with Crippen molar-refractivity contribution < 1.29 is 15.0 Å². The third-order valence-electron chi connectivity index (χ3n) is 4.70. The Morgan fingerprint density at radius 3 is 1.64 bits per heavy atom. The lowest BCUT2D eigenvalue weighted by Gasteiger charge is -2.06. The van der Waals surface area contributed by atoms with Crippen molar-refractivity contribution in [2.45, 2.75) is 116 Å². The van der Waals surface area contributed by atoms with Crippen LogP contribution >= 0.6 is 0 Å². The third kappa shape index (κ3) is 21.5. The van der Waals surface area contributed by atoms with Gasteiger partial charge < -0.3 is 15.5 Å². The quantitative estimate of drug-likeness (QED) is 0.218. The Morgan fingerprint density at radius 1 is 0.720 bits per heavy atom. The first-order valence-electron chi connectivity index (χ1n) is 10.8. The number of rotatable bonds is 20. The van der Waals surface area contributed by atoms with Gasteiger partial charge in [-0.25, -0.2) is 0 Å². The number of aliphatic hydroxyl groups excluding tert-OH is 1. The molecule has 4 nitrogen and oxygen atoms in total. The zero-order valence-corrected chi connectivity index (χ0v) is 16.6. The molecule has 0 saturated carbocycles. The van der Waals surface area contributed by atoms with Gasteiger partial charge in [-0.05, 0) is 19.4 Å². The Bertz CT molecular complexity index is 282. The maximum atomic E-state index is 11.7. The number of hydrogen-bond acceptors (Lipinski definition) is 4. The van der Waals surface area contributed by atoms with Gasteiger partial charge in [-0.3, -0.25) is 4.79 Å². The monoisotopic (exact) mass is 357 g/mol. The van der Waals surface area contributed by atoms with Crippen LogP contribution in [0.2, 0.25) is 0 Å². The second kappa shape index (κ2) is 19.9. The number of carbonyl (C=O) groups is 1. The summed E-state index contributed by atoms with van der Waals surface area (Å²) in [5.74, 6) is 0.342. The number of ketones is 1. The molecule has 0 radical (unpaired) electrons. The minimum atomic E-state index is -1.30. The van der Waals surface area contributed by atoms with Gasteiger partial charge in [0.15, 0.2) is 6.29 Å². The van der Waals surface area contributed by atoms with Crippen molar-refractivity contribution in [3.05, 3.63) is 0 Å². The molecule has 0 heterocycles. The molecule has 0 fully saturated rings. The summed E-state index contributed by atoms with van der Waals surface area (Å²) in [5.41, 5.74) is 0. The van der Waals surface area contributed by atoms with Gasteiger partial charge in [-0.2, -0.15) is 0 Å². The van der Waals surface area contributed by atoms with Crippen LogP contribution in [0.3, 0.4) is 0 Å². The van der Waals surface area contributed by atoms with Gasteiger partial charge in [0.1, 0.15) is 5.78 Å². The molecule has 0 aliphatic heterocycles. The van der Waals surface area contributed by atoms with Crippen molar-refractivity contribution in [1.29, 1.82) is 0 Å². The number of aliphatic hydroxyl groups is 2. The van der Waals surface area contributed by atoms with Gasteiger partial charge >= 0.3 is 0 Å². The zero-order chi connectivity index (χ0) is 18.6. The molecular weight excluding hydrogens is 314 g/mol. The standard InChI is InChI=1S/C21H43NO3/c1-2-3-4-5-6-7-8-9-10-11-12-13-14-16-20(23)17-15-18-22-19-21(24)25/h21-22,24-25H,2-19H2,1H3. The van der Waals surface area contributed by atoms with Gasteiger partial charge in [0.25, 0.3) is 0 Å².